The first-order chi connectivity index (χ1) is 28.7. The van der Waals surface area contributed by atoms with Gasteiger partial charge in [0.1, 0.15) is 0 Å². The van der Waals surface area contributed by atoms with E-state index >= 15 is 0 Å². The van der Waals surface area contributed by atoms with Gasteiger partial charge in [-0.05, 0) is 100 Å². The van der Waals surface area contributed by atoms with Gasteiger partial charge in [-0.25, -0.2) is 0 Å². The molecule has 6 heteroatoms. The third kappa shape index (κ3) is 10.3. The van der Waals surface area contributed by atoms with E-state index in [-0.39, 0.29) is 12.3 Å². The minimum atomic E-state index is -1.52. The van der Waals surface area contributed by atoms with E-state index in [0.717, 1.165) is 65.4 Å². The molecular weight excluding hydrogens is 729 g/mol. The number of hydrogen-bond donors (Lipinski definition) is 2. The molecule has 59 heavy (non-hydrogen) atoms. The van der Waals surface area contributed by atoms with Crippen LogP contribution < -0.4 is 9.80 Å². The van der Waals surface area contributed by atoms with Gasteiger partial charge in [0.15, 0.2) is 5.92 Å². The van der Waals surface area contributed by atoms with Crippen LogP contribution in [0.4, 0.5) is 11.4 Å². The van der Waals surface area contributed by atoms with Gasteiger partial charge in [0.05, 0.1) is 0 Å². The number of carboxylic acid groups (broad SMARTS) is 2. The Morgan fingerprint density at radius 2 is 0.780 bits per heavy atom. The third-order valence-electron chi connectivity index (χ3n) is 11.1. The van der Waals surface area contributed by atoms with Crippen LogP contribution in [0.1, 0.15) is 61.6 Å². The predicted molar refractivity (Wildman–Crippen MR) is 238 cm³/mol. The lowest BCUT2D eigenvalue weighted by atomic mass is 9.80. The summed E-state index contributed by atoms with van der Waals surface area (Å²) in [4.78, 5) is 28.5. The summed E-state index contributed by atoms with van der Waals surface area (Å²) in [5.41, 5.74) is 13.4. The number of benzene rings is 7. The van der Waals surface area contributed by atoms with Crippen molar-refractivity contribution in [3.8, 4) is 0 Å². The van der Waals surface area contributed by atoms with Crippen molar-refractivity contribution in [2.24, 2.45) is 5.92 Å². The van der Waals surface area contributed by atoms with Gasteiger partial charge >= 0.3 is 11.9 Å². The van der Waals surface area contributed by atoms with Gasteiger partial charge in [-0.3, -0.25) is 9.59 Å². The molecule has 0 saturated heterocycles. The Bertz CT molecular complexity index is 2220. The monoisotopic (exact) mass is 778 g/mol. The van der Waals surface area contributed by atoms with E-state index in [2.05, 4.69) is 157 Å². The maximum Gasteiger partial charge on any atom is 0.318 e. The number of aryl methyl sites for hydroxylation is 2. The van der Waals surface area contributed by atoms with E-state index in [4.69, 9.17) is 0 Å². The molecule has 7 aromatic carbocycles. The summed E-state index contributed by atoms with van der Waals surface area (Å²) < 4.78 is 0. The minimum absolute atomic E-state index is 0.0967. The zero-order valence-corrected chi connectivity index (χ0v) is 33.6. The summed E-state index contributed by atoms with van der Waals surface area (Å²) in [5, 5.41) is 19.3. The summed E-state index contributed by atoms with van der Waals surface area (Å²) in [6.45, 7) is 7.26. The zero-order valence-electron chi connectivity index (χ0n) is 33.6. The second kappa shape index (κ2) is 19.0. The molecule has 0 bridgehead atoms. The Hall–Kier alpha value is -6.92. The van der Waals surface area contributed by atoms with Crippen LogP contribution in [0.25, 0.3) is 0 Å². The number of anilines is 2. The van der Waals surface area contributed by atoms with Gasteiger partial charge in [0.25, 0.3) is 0 Å². The summed E-state index contributed by atoms with van der Waals surface area (Å²) >= 11 is 0. The smallest absolute Gasteiger partial charge is 0.318 e. The maximum absolute atomic E-state index is 11.8. The fraction of sp³-hybridized carbons (Fsp3) is 0.170. The SMILES string of the molecule is Cc1ccc(N(Cc2ccccc2)Cc2ccccc2)cc1C(c1ccc(CC(C(=O)O)C(=O)O)cc1)c1cc(N(Cc2ccccc2)Cc2ccccc2)ccc1C. The molecule has 0 atom stereocenters. The van der Waals surface area contributed by atoms with E-state index < -0.39 is 17.9 Å². The number of carbonyl (C=O) groups is 2. The van der Waals surface area contributed by atoms with Crippen molar-refractivity contribution in [3.05, 3.63) is 238 Å². The predicted octanol–water partition coefficient (Wildman–Crippen LogP) is 11.2. The highest BCUT2D eigenvalue weighted by Gasteiger charge is 2.27. The van der Waals surface area contributed by atoms with Crippen molar-refractivity contribution in [2.45, 2.75) is 52.4 Å². The van der Waals surface area contributed by atoms with E-state index in [9.17, 15) is 19.8 Å². The van der Waals surface area contributed by atoms with E-state index in [1.165, 1.54) is 22.3 Å². The van der Waals surface area contributed by atoms with Crippen molar-refractivity contribution in [3.63, 3.8) is 0 Å². The fourth-order valence-corrected chi connectivity index (χ4v) is 7.85. The van der Waals surface area contributed by atoms with Crippen molar-refractivity contribution in [1.82, 2.24) is 0 Å². The first-order valence-electron chi connectivity index (χ1n) is 20.1. The van der Waals surface area contributed by atoms with Crippen LogP contribution >= 0.6 is 0 Å². The van der Waals surface area contributed by atoms with Gasteiger partial charge < -0.3 is 20.0 Å². The minimum Gasteiger partial charge on any atom is -0.481 e. The van der Waals surface area contributed by atoms with Crippen LogP contribution in [0, 0.1) is 19.8 Å². The molecule has 0 saturated carbocycles. The van der Waals surface area contributed by atoms with E-state index in [0.29, 0.717) is 5.56 Å². The molecule has 7 rings (SSSR count). The molecule has 0 aromatic heterocycles. The fourth-order valence-electron chi connectivity index (χ4n) is 7.85. The zero-order chi connectivity index (χ0) is 41.1. The summed E-state index contributed by atoms with van der Waals surface area (Å²) in [5.74, 6) is -4.39. The molecule has 0 heterocycles. The summed E-state index contributed by atoms with van der Waals surface area (Å²) in [7, 11) is 0. The molecule has 0 aliphatic heterocycles. The highest BCUT2D eigenvalue weighted by atomic mass is 16.4. The molecule has 0 unspecified atom stereocenters. The van der Waals surface area contributed by atoms with Gasteiger partial charge in [0.2, 0.25) is 0 Å². The normalized spacial score (nSPS) is 11.1. The van der Waals surface area contributed by atoms with Gasteiger partial charge in [0, 0.05) is 43.5 Å². The molecule has 0 aliphatic carbocycles. The maximum atomic E-state index is 11.8. The highest BCUT2D eigenvalue weighted by Crippen LogP contribution is 2.40. The average molecular weight is 779 g/mol. The lowest BCUT2D eigenvalue weighted by molar-refractivity contribution is -0.154. The van der Waals surface area contributed by atoms with Crippen molar-refractivity contribution < 1.29 is 19.8 Å². The first kappa shape index (κ1) is 40.3. The quantitative estimate of drug-likeness (QED) is 0.0708. The molecule has 6 nitrogen and oxygen atoms in total. The van der Waals surface area contributed by atoms with Crippen molar-refractivity contribution in [1.29, 1.82) is 0 Å². The van der Waals surface area contributed by atoms with Gasteiger partial charge in [-0.2, -0.15) is 0 Å². The van der Waals surface area contributed by atoms with Crippen LogP contribution in [-0.4, -0.2) is 22.2 Å². The van der Waals surface area contributed by atoms with E-state index in [1.807, 2.05) is 48.5 Å². The van der Waals surface area contributed by atoms with Crippen LogP contribution in [0.15, 0.2) is 182 Å². The number of aliphatic carboxylic acids is 2. The molecule has 0 radical (unpaired) electrons. The lowest BCUT2D eigenvalue weighted by Crippen LogP contribution is -2.25. The van der Waals surface area contributed by atoms with E-state index in [1.54, 1.807) is 0 Å². The largest absolute Gasteiger partial charge is 0.481 e. The number of hydrogen-bond acceptors (Lipinski definition) is 4. The van der Waals surface area contributed by atoms with Gasteiger partial charge in [-0.15, -0.1) is 0 Å². The van der Waals surface area contributed by atoms with Crippen LogP contribution in [0.3, 0.4) is 0 Å². The van der Waals surface area contributed by atoms with Crippen LogP contribution in [0.5, 0.6) is 0 Å². The first-order valence-corrected chi connectivity index (χ1v) is 20.1. The summed E-state index contributed by atoms with van der Waals surface area (Å²) in [6, 6.07) is 63.6. The molecular formula is C53H50N2O4. The average Bonchev–Trinajstić information content (AvgIpc) is 3.25. The molecule has 0 amide bonds. The molecule has 2 N–H and O–H groups in total. The standard InChI is InChI=1S/C53H50N2O4/c1-38-23-29-46(54(34-41-15-7-3-8-16-41)35-42-17-9-4-10-18-42)32-48(38)51(45-27-25-40(26-28-45)31-50(52(56)57)53(58)59)49-33-47(30-24-39(49)2)55(36-43-19-11-5-12-20-43)37-44-21-13-6-14-22-44/h3-30,32-33,50-51H,31,34-37H2,1-2H3,(H,56,57)(H,58,59). The molecule has 7 aromatic rings. The van der Waals surface area contributed by atoms with Crippen LogP contribution in [0.2, 0.25) is 0 Å². The van der Waals surface area contributed by atoms with Crippen molar-refractivity contribution in [2.75, 3.05) is 9.80 Å². The Labute approximate surface area is 347 Å². The number of rotatable bonds is 17. The lowest BCUT2D eigenvalue weighted by Gasteiger charge is -2.30. The highest BCUT2D eigenvalue weighted by molar-refractivity contribution is 5.93. The van der Waals surface area contributed by atoms with Crippen LogP contribution in [-0.2, 0) is 42.2 Å². The Balaban J connectivity index is 1.35. The third-order valence-corrected chi connectivity index (χ3v) is 11.1. The molecule has 296 valence electrons. The molecule has 0 spiro atoms. The Morgan fingerprint density at radius 1 is 0.441 bits per heavy atom. The second-order valence-electron chi connectivity index (χ2n) is 15.3. The molecule has 0 fully saturated rings. The number of nitrogens with zero attached hydrogens (tertiary/aromatic N) is 2. The topological polar surface area (TPSA) is 81.1 Å². The van der Waals surface area contributed by atoms with Gasteiger partial charge in [-0.1, -0.05) is 158 Å². The summed E-state index contributed by atoms with van der Waals surface area (Å²) in [6.07, 6.45) is -0.0967. The second-order valence-corrected chi connectivity index (χ2v) is 15.3. The Morgan fingerprint density at radius 3 is 1.10 bits per heavy atom. The van der Waals surface area contributed by atoms with Crippen molar-refractivity contribution >= 4 is 23.3 Å². The molecule has 0 aliphatic rings. The Kier molecular flexibility index (Phi) is 13.0. The number of carboxylic acids is 2.